The molecule has 1 unspecified atom stereocenters. The smallest absolute Gasteiger partial charge is 0.350 e. The number of benzene rings is 2. The van der Waals surface area contributed by atoms with Crippen LogP contribution < -0.4 is 9.64 Å². The molecule has 1 aliphatic heterocycles. The molecule has 11 heteroatoms. The van der Waals surface area contributed by atoms with Gasteiger partial charge in [-0.15, -0.1) is 0 Å². The Morgan fingerprint density at radius 3 is 2.58 bits per heavy atom. The molecule has 4 rings (SSSR count). The second-order valence-corrected chi connectivity index (χ2v) is 9.50. The largest absolute Gasteiger partial charge is 0.507 e. The van der Waals surface area contributed by atoms with Gasteiger partial charge in [0.15, 0.2) is 5.13 Å². The van der Waals surface area contributed by atoms with Crippen molar-refractivity contribution in [3.63, 3.8) is 0 Å². The average Bonchev–Trinajstić information content (AvgIpc) is 3.37. The number of hydrogen-bond donors (Lipinski definition) is 1. The lowest BCUT2D eigenvalue weighted by molar-refractivity contribution is -0.132. The van der Waals surface area contributed by atoms with Gasteiger partial charge in [0.05, 0.1) is 41.1 Å². The number of rotatable bonds is 6. The van der Waals surface area contributed by atoms with Gasteiger partial charge in [0.2, 0.25) is 0 Å². The Bertz CT molecular complexity index is 1420. The number of thiazole rings is 1. The fraction of sp³-hybridized carbons (Fsp3) is 0.200. The monoisotopic (exact) mass is 546 g/mol. The number of amides is 1. The minimum absolute atomic E-state index is 0.0958. The van der Waals surface area contributed by atoms with Gasteiger partial charge in [0, 0.05) is 5.56 Å². The number of hydrogen-bond acceptors (Lipinski definition) is 8. The Labute approximate surface area is 220 Å². The van der Waals surface area contributed by atoms with Crippen molar-refractivity contribution in [1.29, 1.82) is 0 Å². The van der Waals surface area contributed by atoms with E-state index < -0.39 is 29.5 Å². The van der Waals surface area contributed by atoms with E-state index in [1.165, 1.54) is 19.2 Å². The fourth-order valence-corrected chi connectivity index (χ4v) is 5.12. The second kappa shape index (κ2) is 10.3. The van der Waals surface area contributed by atoms with Gasteiger partial charge in [-0.3, -0.25) is 14.5 Å². The summed E-state index contributed by atoms with van der Waals surface area (Å²) < 4.78 is 10.3. The standard InChI is InChI=1S/C25H20Cl2N2O6S/c1-4-35-24(33)22-12(2)28-25(36-22)29-19(13-8-9-16(26)17(27)11-13)18(21(31)23(29)32)20(30)14-6-5-7-15(10-14)34-3/h5-11,19,30H,4H2,1-3H3/b20-18+. The third kappa shape index (κ3) is 4.57. The number of Topliss-reactive ketones (excluding diaryl/α,β-unsaturated/α-hetero) is 1. The molecule has 0 spiro atoms. The van der Waals surface area contributed by atoms with Crippen molar-refractivity contribution >= 4 is 63.1 Å². The fourth-order valence-electron chi connectivity index (χ4n) is 3.82. The zero-order valence-corrected chi connectivity index (χ0v) is 21.7. The molecule has 1 fully saturated rings. The van der Waals surface area contributed by atoms with Gasteiger partial charge in [-0.25, -0.2) is 9.78 Å². The number of anilines is 1. The van der Waals surface area contributed by atoms with Gasteiger partial charge >= 0.3 is 11.9 Å². The molecule has 36 heavy (non-hydrogen) atoms. The van der Waals surface area contributed by atoms with Crippen molar-refractivity contribution in [2.45, 2.75) is 19.9 Å². The number of aliphatic hydroxyl groups is 1. The molecule has 1 N–H and O–H groups in total. The van der Waals surface area contributed by atoms with Crippen molar-refractivity contribution in [2.24, 2.45) is 0 Å². The van der Waals surface area contributed by atoms with E-state index in [2.05, 4.69) is 4.98 Å². The van der Waals surface area contributed by atoms with E-state index in [1.54, 1.807) is 44.2 Å². The lowest BCUT2D eigenvalue weighted by atomic mass is 9.95. The van der Waals surface area contributed by atoms with Gasteiger partial charge in [-0.1, -0.05) is 52.7 Å². The highest BCUT2D eigenvalue weighted by molar-refractivity contribution is 7.17. The van der Waals surface area contributed by atoms with Crippen LogP contribution in [0.15, 0.2) is 48.0 Å². The van der Waals surface area contributed by atoms with Crippen LogP contribution >= 0.6 is 34.5 Å². The molecule has 3 aromatic rings. The van der Waals surface area contributed by atoms with E-state index in [0.717, 1.165) is 16.2 Å². The van der Waals surface area contributed by atoms with Gasteiger partial charge in [-0.2, -0.15) is 0 Å². The quantitative estimate of drug-likeness (QED) is 0.186. The summed E-state index contributed by atoms with van der Waals surface area (Å²) in [4.78, 5) is 44.7. The van der Waals surface area contributed by atoms with E-state index in [0.29, 0.717) is 17.0 Å². The summed E-state index contributed by atoms with van der Waals surface area (Å²) in [6.07, 6.45) is 0. The van der Waals surface area contributed by atoms with Crippen LogP contribution in [0.3, 0.4) is 0 Å². The molecule has 2 heterocycles. The number of aryl methyl sites for hydroxylation is 1. The zero-order valence-electron chi connectivity index (χ0n) is 19.4. The highest BCUT2D eigenvalue weighted by Gasteiger charge is 2.48. The van der Waals surface area contributed by atoms with Crippen molar-refractivity contribution in [2.75, 3.05) is 18.6 Å². The molecule has 0 aliphatic carbocycles. The third-order valence-electron chi connectivity index (χ3n) is 5.50. The number of esters is 1. The lowest BCUT2D eigenvalue weighted by Crippen LogP contribution is -2.29. The number of methoxy groups -OCH3 is 1. The van der Waals surface area contributed by atoms with Crippen molar-refractivity contribution < 1.29 is 29.0 Å². The molecule has 0 saturated carbocycles. The first-order valence-corrected chi connectivity index (χ1v) is 12.3. The van der Waals surface area contributed by atoms with E-state index in [4.69, 9.17) is 32.7 Å². The topological polar surface area (TPSA) is 106 Å². The third-order valence-corrected chi connectivity index (χ3v) is 7.37. The molecule has 1 atom stereocenters. The predicted octanol–water partition coefficient (Wildman–Crippen LogP) is 5.57. The molecule has 1 aromatic heterocycles. The van der Waals surface area contributed by atoms with Crippen LogP contribution in [-0.4, -0.2) is 41.5 Å². The van der Waals surface area contributed by atoms with Crippen LogP contribution in [0.25, 0.3) is 5.76 Å². The number of carbonyl (C=O) groups excluding carboxylic acids is 3. The molecule has 186 valence electrons. The maximum atomic E-state index is 13.3. The number of carbonyl (C=O) groups is 3. The van der Waals surface area contributed by atoms with E-state index in [-0.39, 0.29) is 37.8 Å². The first-order valence-electron chi connectivity index (χ1n) is 10.7. The number of halogens is 2. The van der Waals surface area contributed by atoms with Gasteiger partial charge in [-0.05, 0) is 43.7 Å². The first kappa shape index (κ1) is 25.7. The molecule has 1 aliphatic rings. The minimum atomic E-state index is -1.09. The van der Waals surface area contributed by atoms with Crippen LogP contribution in [0.5, 0.6) is 5.75 Å². The van der Waals surface area contributed by atoms with E-state index in [9.17, 15) is 19.5 Å². The molecular formula is C25H20Cl2N2O6S. The summed E-state index contributed by atoms with van der Waals surface area (Å²) in [7, 11) is 1.47. The summed E-state index contributed by atoms with van der Waals surface area (Å²) in [5, 5.41) is 11.8. The van der Waals surface area contributed by atoms with E-state index >= 15 is 0 Å². The van der Waals surface area contributed by atoms with Gasteiger partial charge < -0.3 is 14.6 Å². The Hall–Kier alpha value is -3.40. The van der Waals surface area contributed by atoms with Crippen molar-refractivity contribution in [1.82, 2.24) is 4.98 Å². The molecule has 8 nitrogen and oxygen atoms in total. The van der Waals surface area contributed by atoms with Gasteiger partial charge in [0.1, 0.15) is 16.4 Å². The number of aromatic nitrogens is 1. The average molecular weight is 547 g/mol. The minimum Gasteiger partial charge on any atom is -0.507 e. The maximum absolute atomic E-state index is 13.3. The van der Waals surface area contributed by atoms with Crippen LogP contribution in [0.1, 0.15) is 39.5 Å². The van der Waals surface area contributed by atoms with E-state index in [1.807, 2.05) is 0 Å². The van der Waals surface area contributed by atoms with Gasteiger partial charge in [0.25, 0.3) is 5.78 Å². The molecular weight excluding hydrogens is 527 g/mol. The second-order valence-electron chi connectivity index (χ2n) is 7.71. The normalized spacial score (nSPS) is 16.9. The highest BCUT2D eigenvalue weighted by Crippen LogP contribution is 2.45. The number of ketones is 1. The van der Waals surface area contributed by atoms with Crippen LogP contribution in [0.4, 0.5) is 5.13 Å². The summed E-state index contributed by atoms with van der Waals surface area (Å²) in [5.41, 5.74) is 0.867. The maximum Gasteiger partial charge on any atom is 0.350 e. The lowest BCUT2D eigenvalue weighted by Gasteiger charge is -2.23. The summed E-state index contributed by atoms with van der Waals surface area (Å²) in [6, 6.07) is 10.0. The number of nitrogens with zero attached hydrogens (tertiary/aromatic N) is 2. The summed E-state index contributed by atoms with van der Waals surface area (Å²) in [5.74, 6) is -2.37. The summed E-state index contributed by atoms with van der Waals surface area (Å²) >= 11 is 13.3. The Morgan fingerprint density at radius 1 is 1.17 bits per heavy atom. The number of aliphatic hydroxyl groups excluding tert-OH is 1. The highest BCUT2D eigenvalue weighted by atomic mass is 35.5. The summed E-state index contributed by atoms with van der Waals surface area (Å²) in [6.45, 7) is 3.45. The molecule has 0 radical (unpaired) electrons. The molecule has 1 saturated heterocycles. The molecule has 1 amide bonds. The Kier molecular flexibility index (Phi) is 7.35. The van der Waals surface area contributed by atoms with Crippen LogP contribution in [0.2, 0.25) is 10.0 Å². The molecule has 2 aromatic carbocycles. The SMILES string of the molecule is CCOC(=O)c1sc(N2C(=O)C(=O)/C(=C(/O)c3cccc(OC)c3)C2c2ccc(Cl)c(Cl)c2)nc1C. The predicted molar refractivity (Wildman–Crippen MR) is 137 cm³/mol. The first-order chi connectivity index (χ1) is 17.2. The zero-order chi connectivity index (χ0) is 26.1. The Morgan fingerprint density at radius 2 is 1.92 bits per heavy atom. The molecule has 0 bridgehead atoms. The van der Waals surface area contributed by atoms with Crippen molar-refractivity contribution in [3.8, 4) is 5.75 Å². The van der Waals surface area contributed by atoms with Crippen LogP contribution in [0, 0.1) is 6.92 Å². The van der Waals surface area contributed by atoms with Crippen molar-refractivity contribution in [3.05, 3.63) is 79.8 Å². The van der Waals surface area contributed by atoms with Crippen LogP contribution in [-0.2, 0) is 14.3 Å². The Balaban J connectivity index is 1.94. The number of ether oxygens (including phenoxy) is 2.